The van der Waals surface area contributed by atoms with Crippen LogP contribution in [0.2, 0.25) is 0 Å². The Bertz CT molecular complexity index is 288. The molecule has 0 radical (unpaired) electrons. The minimum absolute atomic E-state index is 0.213. The molecule has 1 unspecified atom stereocenters. The molecule has 0 heterocycles. The van der Waals surface area contributed by atoms with Crippen molar-refractivity contribution in [1.82, 2.24) is 0 Å². The van der Waals surface area contributed by atoms with Gasteiger partial charge in [-0.3, -0.25) is 0 Å². The highest BCUT2D eigenvalue weighted by atomic mass is 13.9. The van der Waals surface area contributed by atoms with E-state index in [0.29, 0.717) is 0 Å². The zero-order valence-corrected chi connectivity index (χ0v) is 7.20. The van der Waals surface area contributed by atoms with Crippen molar-refractivity contribution in [3.8, 4) is 12.3 Å². The van der Waals surface area contributed by atoms with Crippen LogP contribution in [-0.4, -0.2) is 0 Å². The quantitative estimate of drug-likeness (QED) is 0.577. The van der Waals surface area contributed by atoms with Crippen LogP contribution in [0.5, 0.6) is 0 Å². The highest BCUT2D eigenvalue weighted by molar-refractivity contribution is 5.49. The molecule has 1 atom stereocenters. The van der Waals surface area contributed by atoms with Gasteiger partial charge in [-0.05, 0) is 12.5 Å². The molecule has 0 saturated carbocycles. The van der Waals surface area contributed by atoms with Gasteiger partial charge < -0.3 is 0 Å². The number of rotatable bonds is 2. The Hall–Kier alpha value is -1.48. The third-order valence-corrected chi connectivity index (χ3v) is 1.64. The second kappa shape index (κ2) is 4.41. The molecule has 0 saturated heterocycles. The van der Waals surface area contributed by atoms with E-state index in [9.17, 15) is 0 Å². The van der Waals surface area contributed by atoms with Crippen LogP contribution < -0.4 is 0 Å². The van der Waals surface area contributed by atoms with Crippen LogP contribution in [0, 0.1) is 18.3 Å². The molecule has 12 heavy (non-hydrogen) atoms. The number of allylic oxidation sites excluding steroid dienone is 1. The molecule has 0 aliphatic carbocycles. The topological polar surface area (TPSA) is 0 Å². The summed E-state index contributed by atoms with van der Waals surface area (Å²) in [4.78, 5) is 0. The van der Waals surface area contributed by atoms with Crippen molar-refractivity contribution in [3.05, 3.63) is 42.0 Å². The van der Waals surface area contributed by atoms with Crippen molar-refractivity contribution in [3.63, 3.8) is 0 Å². The number of terminal acetylenes is 1. The summed E-state index contributed by atoms with van der Waals surface area (Å²) in [6, 6.07) is 10.1. The fourth-order valence-corrected chi connectivity index (χ4v) is 0.875. The van der Waals surface area contributed by atoms with Gasteiger partial charge >= 0.3 is 0 Å². The SMILES string of the molecule is C#CC(C)/C=C/c1ccccc1. The van der Waals surface area contributed by atoms with Crippen LogP contribution in [0.15, 0.2) is 36.4 Å². The van der Waals surface area contributed by atoms with Gasteiger partial charge in [0.1, 0.15) is 0 Å². The van der Waals surface area contributed by atoms with Crippen LogP contribution in [0.3, 0.4) is 0 Å². The van der Waals surface area contributed by atoms with E-state index in [0.717, 1.165) is 0 Å². The zero-order valence-electron chi connectivity index (χ0n) is 7.20. The van der Waals surface area contributed by atoms with Crippen molar-refractivity contribution < 1.29 is 0 Å². The summed E-state index contributed by atoms with van der Waals surface area (Å²) in [6.07, 6.45) is 9.30. The van der Waals surface area contributed by atoms with E-state index in [4.69, 9.17) is 6.42 Å². The average Bonchev–Trinajstić information content (AvgIpc) is 2.16. The van der Waals surface area contributed by atoms with Crippen LogP contribution >= 0.6 is 0 Å². The van der Waals surface area contributed by atoms with Gasteiger partial charge in [0, 0.05) is 5.92 Å². The van der Waals surface area contributed by atoms with E-state index >= 15 is 0 Å². The molecule has 0 aliphatic heterocycles. The van der Waals surface area contributed by atoms with E-state index < -0.39 is 0 Å². The molecule has 0 heteroatoms. The van der Waals surface area contributed by atoms with Crippen molar-refractivity contribution in [2.24, 2.45) is 5.92 Å². The Morgan fingerprint density at radius 1 is 1.33 bits per heavy atom. The maximum atomic E-state index is 5.23. The van der Waals surface area contributed by atoms with Crippen molar-refractivity contribution in [2.75, 3.05) is 0 Å². The smallest absolute Gasteiger partial charge is 0.0354 e. The molecule has 0 aromatic heterocycles. The monoisotopic (exact) mass is 156 g/mol. The first-order chi connectivity index (χ1) is 5.83. The van der Waals surface area contributed by atoms with Gasteiger partial charge in [-0.15, -0.1) is 6.42 Å². The zero-order chi connectivity index (χ0) is 8.81. The molecule has 1 rings (SSSR count). The number of benzene rings is 1. The highest BCUT2D eigenvalue weighted by Gasteiger charge is 1.87. The molecule has 0 N–H and O–H groups in total. The summed E-state index contributed by atoms with van der Waals surface area (Å²) in [7, 11) is 0. The molecule has 0 bridgehead atoms. The van der Waals surface area contributed by atoms with Gasteiger partial charge in [-0.2, -0.15) is 0 Å². The molecular weight excluding hydrogens is 144 g/mol. The molecule has 0 fully saturated rings. The molecule has 0 spiro atoms. The Kier molecular flexibility index (Phi) is 3.17. The normalized spacial score (nSPS) is 12.7. The molecule has 0 aliphatic rings. The summed E-state index contributed by atoms with van der Waals surface area (Å²) in [5.41, 5.74) is 1.19. The first kappa shape index (κ1) is 8.62. The summed E-state index contributed by atoms with van der Waals surface area (Å²) in [5.74, 6) is 2.86. The third-order valence-electron chi connectivity index (χ3n) is 1.64. The molecule has 0 nitrogen and oxygen atoms in total. The van der Waals surface area contributed by atoms with Gasteiger partial charge in [-0.25, -0.2) is 0 Å². The Morgan fingerprint density at radius 3 is 2.58 bits per heavy atom. The van der Waals surface area contributed by atoms with Gasteiger partial charge in [0.25, 0.3) is 0 Å². The van der Waals surface area contributed by atoms with Gasteiger partial charge in [0.05, 0.1) is 0 Å². The number of hydrogen-bond acceptors (Lipinski definition) is 0. The summed E-state index contributed by atoms with van der Waals surface area (Å²) in [5, 5.41) is 0. The predicted molar refractivity (Wildman–Crippen MR) is 53.5 cm³/mol. The van der Waals surface area contributed by atoms with Crippen molar-refractivity contribution >= 4 is 6.08 Å². The average molecular weight is 156 g/mol. The largest absolute Gasteiger partial charge is 0.119 e. The second-order valence-corrected chi connectivity index (χ2v) is 2.73. The lowest BCUT2D eigenvalue weighted by Crippen LogP contribution is -1.80. The Morgan fingerprint density at radius 2 is 2.00 bits per heavy atom. The molecule has 0 amide bonds. The molecule has 60 valence electrons. The fraction of sp³-hybridized carbons (Fsp3) is 0.167. The first-order valence-electron chi connectivity index (χ1n) is 4.02. The Labute approximate surface area is 73.9 Å². The standard InChI is InChI=1S/C12H12/c1-3-11(2)9-10-12-7-5-4-6-8-12/h1,4-11H,2H3/b10-9+. The first-order valence-corrected chi connectivity index (χ1v) is 4.02. The molecular formula is C12H12. The lowest BCUT2D eigenvalue weighted by molar-refractivity contribution is 0.988. The third kappa shape index (κ3) is 2.64. The van der Waals surface area contributed by atoms with Gasteiger partial charge in [0.15, 0.2) is 0 Å². The van der Waals surface area contributed by atoms with Crippen LogP contribution in [0.25, 0.3) is 6.08 Å². The second-order valence-electron chi connectivity index (χ2n) is 2.73. The summed E-state index contributed by atoms with van der Waals surface area (Å²) >= 11 is 0. The highest BCUT2D eigenvalue weighted by Crippen LogP contribution is 2.03. The maximum absolute atomic E-state index is 5.23. The van der Waals surface area contributed by atoms with Crippen molar-refractivity contribution in [1.29, 1.82) is 0 Å². The number of hydrogen-bond donors (Lipinski definition) is 0. The lowest BCUT2D eigenvalue weighted by Gasteiger charge is -1.93. The minimum atomic E-state index is 0.213. The van der Waals surface area contributed by atoms with Gasteiger partial charge in [0.2, 0.25) is 0 Å². The van der Waals surface area contributed by atoms with E-state index in [1.54, 1.807) is 0 Å². The van der Waals surface area contributed by atoms with Gasteiger partial charge in [-0.1, -0.05) is 48.4 Å². The summed E-state index contributed by atoms with van der Waals surface area (Å²) in [6.45, 7) is 2.00. The van der Waals surface area contributed by atoms with Crippen LogP contribution in [-0.2, 0) is 0 Å². The van der Waals surface area contributed by atoms with Crippen molar-refractivity contribution in [2.45, 2.75) is 6.92 Å². The van der Waals surface area contributed by atoms with E-state index in [1.807, 2.05) is 37.3 Å². The summed E-state index contributed by atoms with van der Waals surface area (Å²) < 4.78 is 0. The fourth-order valence-electron chi connectivity index (χ4n) is 0.875. The van der Waals surface area contributed by atoms with E-state index in [2.05, 4.69) is 18.1 Å². The van der Waals surface area contributed by atoms with Crippen LogP contribution in [0.1, 0.15) is 12.5 Å². The van der Waals surface area contributed by atoms with E-state index in [-0.39, 0.29) is 5.92 Å². The molecule has 1 aromatic carbocycles. The van der Waals surface area contributed by atoms with E-state index in [1.165, 1.54) is 5.56 Å². The Balaban J connectivity index is 2.65. The predicted octanol–water partition coefficient (Wildman–Crippen LogP) is 2.97. The minimum Gasteiger partial charge on any atom is -0.119 e. The van der Waals surface area contributed by atoms with Crippen LogP contribution in [0.4, 0.5) is 0 Å². The lowest BCUT2D eigenvalue weighted by atomic mass is 10.1. The molecule has 1 aromatic rings. The maximum Gasteiger partial charge on any atom is 0.0354 e.